The number of urea groups is 1. The van der Waals surface area contributed by atoms with E-state index in [1.54, 1.807) is 0 Å². The van der Waals surface area contributed by atoms with Crippen molar-refractivity contribution < 1.29 is 14.4 Å². The first-order valence-corrected chi connectivity index (χ1v) is 11.3. The van der Waals surface area contributed by atoms with Crippen molar-refractivity contribution in [2.75, 3.05) is 19.6 Å². The summed E-state index contributed by atoms with van der Waals surface area (Å²) in [5.74, 6) is 0.0795. The Hall–Kier alpha value is -2.41. The summed E-state index contributed by atoms with van der Waals surface area (Å²) in [6.07, 6.45) is 8.66. The van der Waals surface area contributed by atoms with Crippen molar-refractivity contribution in [1.82, 2.24) is 20.7 Å². The van der Waals surface area contributed by atoms with Crippen LogP contribution in [0.15, 0.2) is 30.3 Å². The molecule has 4 rings (SSSR count). The molecule has 2 N–H and O–H groups in total. The predicted molar refractivity (Wildman–Crippen MR) is 113 cm³/mol. The van der Waals surface area contributed by atoms with Crippen molar-refractivity contribution in [2.45, 2.75) is 63.3 Å². The van der Waals surface area contributed by atoms with E-state index < -0.39 is 11.6 Å². The van der Waals surface area contributed by atoms with Crippen LogP contribution in [0.4, 0.5) is 4.79 Å². The topological polar surface area (TPSA) is 81.8 Å². The van der Waals surface area contributed by atoms with Crippen LogP contribution >= 0.6 is 0 Å². The molecule has 0 aromatic heterocycles. The van der Waals surface area contributed by atoms with E-state index in [2.05, 4.69) is 39.9 Å². The van der Waals surface area contributed by atoms with Gasteiger partial charge in [0.25, 0.3) is 11.8 Å². The lowest BCUT2D eigenvalue weighted by Gasteiger charge is -2.32. The van der Waals surface area contributed by atoms with Crippen LogP contribution in [0.25, 0.3) is 0 Å². The molecule has 7 nitrogen and oxygen atoms in total. The largest absolute Gasteiger partial charge is 0.344 e. The zero-order valence-electron chi connectivity index (χ0n) is 17.6. The van der Waals surface area contributed by atoms with Crippen LogP contribution in [0.2, 0.25) is 0 Å². The van der Waals surface area contributed by atoms with Crippen molar-refractivity contribution in [2.24, 2.45) is 5.92 Å². The molecule has 4 amide bonds. The summed E-state index contributed by atoms with van der Waals surface area (Å²) in [4.78, 5) is 39.7. The number of hydrogen-bond acceptors (Lipinski definition) is 4. The molecule has 0 bridgehead atoms. The minimum atomic E-state index is -0.806. The zero-order chi connectivity index (χ0) is 21.0. The summed E-state index contributed by atoms with van der Waals surface area (Å²) in [5, 5.41) is 3.72. The van der Waals surface area contributed by atoms with Crippen LogP contribution in [0.5, 0.6) is 0 Å². The molecule has 162 valence electrons. The van der Waals surface area contributed by atoms with E-state index >= 15 is 0 Å². The second kappa shape index (κ2) is 9.16. The lowest BCUT2D eigenvalue weighted by Crippen LogP contribution is -2.52. The monoisotopic (exact) mass is 412 g/mol. The first-order chi connectivity index (χ1) is 14.6. The molecular weight excluding hydrogens is 380 g/mol. The van der Waals surface area contributed by atoms with Gasteiger partial charge in [-0.15, -0.1) is 0 Å². The van der Waals surface area contributed by atoms with Gasteiger partial charge in [0.05, 0.1) is 6.54 Å². The molecule has 3 fully saturated rings. The average molecular weight is 413 g/mol. The molecular formula is C23H32N4O3. The number of nitrogens with zero attached hydrogens (tertiary/aromatic N) is 2. The van der Waals surface area contributed by atoms with Gasteiger partial charge >= 0.3 is 6.03 Å². The van der Waals surface area contributed by atoms with Gasteiger partial charge in [-0.1, -0.05) is 49.6 Å². The number of piperidine rings is 1. The van der Waals surface area contributed by atoms with Crippen molar-refractivity contribution in [3.8, 4) is 0 Å². The van der Waals surface area contributed by atoms with Crippen molar-refractivity contribution in [3.63, 3.8) is 0 Å². The van der Waals surface area contributed by atoms with Crippen LogP contribution < -0.4 is 10.7 Å². The highest BCUT2D eigenvalue weighted by molar-refractivity contribution is 6.08. The van der Waals surface area contributed by atoms with E-state index in [0.29, 0.717) is 18.8 Å². The molecule has 0 atom stereocenters. The molecule has 1 aromatic carbocycles. The number of amides is 4. The fraction of sp³-hybridized carbons (Fsp3) is 0.609. The molecule has 0 radical (unpaired) electrons. The van der Waals surface area contributed by atoms with Gasteiger partial charge in [-0.25, -0.2) is 4.79 Å². The molecule has 2 aliphatic heterocycles. The summed E-state index contributed by atoms with van der Waals surface area (Å²) in [6.45, 7) is 1.96. The smallest absolute Gasteiger partial charge is 0.322 e. The number of benzene rings is 1. The summed E-state index contributed by atoms with van der Waals surface area (Å²) in [7, 11) is 0. The predicted octanol–water partition coefficient (Wildman–Crippen LogP) is 2.62. The first-order valence-electron chi connectivity index (χ1n) is 11.3. The molecule has 1 saturated carbocycles. The Morgan fingerprint density at radius 2 is 1.77 bits per heavy atom. The number of nitrogens with one attached hydrogen (secondary N) is 2. The van der Waals surface area contributed by atoms with E-state index in [0.717, 1.165) is 56.6 Å². The van der Waals surface area contributed by atoms with Gasteiger partial charge < -0.3 is 5.32 Å². The summed E-state index contributed by atoms with van der Waals surface area (Å²) < 4.78 is 0. The SMILES string of the molecule is O=C(CN1CCC(CCc2ccccc2)CC1)NN1C(=O)NC2(CCCCC2)C1=O. The second-order valence-corrected chi connectivity index (χ2v) is 8.99. The minimum absolute atomic E-state index is 0.218. The number of imide groups is 1. The summed E-state index contributed by atoms with van der Waals surface area (Å²) in [5.41, 5.74) is 3.12. The number of rotatable bonds is 6. The highest BCUT2D eigenvalue weighted by Crippen LogP contribution is 2.33. The summed E-state index contributed by atoms with van der Waals surface area (Å²) in [6, 6.07) is 10.0. The van der Waals surface area contributed by atoms with Gasteiger partial charge in [0, 0.05) is 0 Å². The number of aryl methyl sites for hydroxylation is 1. The van der Waals surface area contributed by atoms with Gasteiger partial charge in [-0.05, 0) is 63.1 Å². The van der Waals surface area contributed by atoms with Gasteiger partial charge in [0.2, 0.25) is 0 Å². The highest BCUT2D eigenvalue weighted by Gasteiger charge is 2.52. The molecule has 0 unspecified atom stereocenters. The van der Waals surface area contributed by atoms with Crippen LogP contribution in [-0.2, 0) is 16.0 Å². The normalized spacial score (nSPS) is 22.3. The molecule has 7 heteroatoms. The Morgan fingerprint density at radius 3 is 2.47 bits per heavy atom. The maximum absolute atomic E-state index is 12.8. The number of hydrazine groups is 1. The standard InChI is InChI=1S/C23H32N4O3/c28-20(25-27-21(29)23(24-22(27)30)13-5-2-6-14-23)17-26-15-11-19(12-16-26)10-9-18-7-3-1-4-8-18/h1,3-4,7-8,19H,2,5-6,9-17H2,(H,24,30)(H,25,28). The Bertz CT molecular complexity index is 768. The van der Waals surface area contributed by atoms with E-state index in [1.807, 2.05) is 6.07 Å². The fourth-order valence-electron chi connectivity index (χ4n) is 5.03. The van der Waals surface area contributed by atoms with E-state index in [1.165, 1.54) is 12.0 Å². The Morgan fingerprint density at radius 1 is 1.07 bits per heavy atom. The van der Waals surface area contributed by atoms with Gasteiger partial charge in [-0.2, -0.15) is 5.01 Å². The number of likely N-dealkylation sites (tertiary alicyclic amines) is 1. The van der Waals surface area contributed by atoms with Crippen molar-refractivity contribution in [3.05, 3.63) is 35.9 Å². The molecule has 30 heavy (non-hydrogen) atoms. The van der Waals surface area contributed by atoms with Crippen molar-refractivity contribution >= 4 is 17.8 Å². The lowest BCUT2D eigenvalue weighted by molar-refractivity contribution is -0.140. The van der Waals surface area contributed by atoms with Gasteiger partial charge in [0.1, 0.15) is 5.54 Å². The Balaban J connectivity index is 1.20. The quantitative estimate of drug-likeness (QED) is 0.704. The van der Waals surface area contributed by atoms with E-state index in [9.17, 15) is 14.4 Å². The summed E-state index contributed by atoms with van der Waals surface area (Å²) >= 11 is 0. The Kier molecular flexibility index (Phi) is 6.37. The van der Waals surface area contributed by atoms with Crippen LogP contribution in [0.3, 0.4) is 0 Å². The molecule has 2 saturated heterocycles. The molecule has 2 heterocycles. The number of carbonyl (C=O) groups excluding carboxylic acids is 3. The third-order valence-corrected chi connectivity index (χ3v) is 6.86. The number of carbonyl (C=O) groups is 3. The zero-order valence-corrected chi connectivity index (χ0v) is 17.6. The maximum Gasteiger partial charge on any atom is 0.344 e. The maximum atomic E-state index is 12.8. The van der Waals surface area contributed by atoms with Crippen molar-refractivity contribution in [1.29, 1.82) is 0 Å². The average Bonchev–Trinajstić information content (AvgIpc) is 2.98. The van der Waals surface area contributed by atoms with Gasteiger partial charge in [0.15, 0.2) is 0 Å². The van der Waals surface area contributed by atoms with Crippen LogP contribution in [-0.4, -0.2) is 52.9 Å². The highest BCUT2D eigenvalue weighted by atomic mass is 16.2. The molecule has 1 aliphatic carbocycles. The third kappa shape index (κ3) is 4.67. The van der Waals surface area contributed by atoms with Gasteiger partial charge in [-0.3, -0.25) is 19.9 Å². The van der Waals surface area contributed by atoms with E-state index in [-0.39, 0.29) is 18.4 Å². The Labute approximate surface area is 178 Å². The minimum Gasteiger partial charge on any atom is -0.322 e. The van der Waals surface area contributed by atoms with Crippen LogP contribution in [0, 0.1) is 5.92 Å². The van der Waals surface area contributed by atoms with Crippen LogP contribution in [0.1, 0.15) is 56.9 Å². The molecule has 1 aromatic rings. The van der Waals surface area contributed by atoms with E-state index in [4.69, 9.17) is 0 Å². The molecule has 1 spiro atoms. The second-order valence-electron chi connectivity index (χ2n) is 8.99. The number of hydrogen-bond donors (Lipinski definition) is 2. The first kappa shape index (κ1) is 20.8. The molecule has 3 aliphatic rings. The third-order valence-electron chi connectivity index (χ3n) is 6.86. The lowest BCUT2D eigenvalue weighted by atomic mass is 9.82. The fourth-order valence-corrected chi connectivity index (χ4v) is 5.03.